The van der Waals surface area contributed by atoms with E-state index in [4.69, 9.17) is 16.3 Å². The number of hydrogen-bond donors (Lipinski definition) is 1. The van der Waals surface area contributed by atoms with E-state index in [1.54, 1.807) is 11.6 Å². The molecule has 26 heavy (non-hydrogen) atoms. The molecular formula is C19H24ClN3O3. The Morgan fingerprint density at radius 3 is 2.50 bits per heavy atom. The number of nitrogens with zero attached hydrogens (tertiary/aromatic N) is 2. The smallest absolute Gasteiger partial charge is 0.343 e. The number of benzene rings is 1. The Balaban J connectivity index is 2.08. The number of carbonyl (C=O) groups is 2. The molecule has 1 aromatic carbocycles. The molecule has 1 amide bonds. The zero-order chi connectivity index (χ0) is 19.3. The van der Waals surface area contributed by atoms with Crippen molar-refractivity contribution in [3.63, 3.8) is 0 Å². The number of carbonyl (C=O) groups excluding carboxylic acids is 2. The summed E-state index contributed by atoms with van der Waals surface area (Å²) in [6.07, 6.45) is -0.908. The van der Waals surface area contributed by atoms with Crippen molar-refractivity contribution in [2.45, 2.75) is 40.3 Å². The SMILES string of the molecule is Cc1nn(Cc2ccccc2)c(Cl)c1C(=O)O[C@H](C)C(=O)NCC(C)C. The summed E-state index contributed by atoms with van der Waals surface area (Å²) in [5, 5.41) is 7.26. The molecule has 0 spiro atoms. The zero-order valence-corrected chi connectivity index (χ0v) is 16.2. The number of amides is 1. The van der Waals surface area contributed by atoms with Crippen molar-refractivity contribution in [2.75, 3.05) is 6.54 Å². The fourth-order valence-corrected chi connectivity index (χ4v) is 2.68. The molecule has 0 bridgehead atoms. The van der Waals surface area contributed by atoms with Gasteiger partial charge in [-0.1, -0.05) is 55.8 Å². The van der Waals surface area contributed by atoms with Gasteiger partial charge in [-0.3, -0.25) is 4.79 Å². The Labute approximate surface area is 158 Å². The van der Waals surface area contributed by atoms with Crippen LogP contribution in [0.5, 0.6) is 0 Å². The van der Waals surface area contributed by atoms with E-state index in [9.17, 15) is 9.59 Å². The average molecular weight is 378 g/mol. The van der Waals surface area contributed by atoms with Gasteiger partial charge in [0, 0.05) is 6.54 Å². The minimum Gasteiger partial charge on any atom is -0.449 e. The predicted molar refractivity (Wildman–Crippen MR) is 100 cm³/mol. The summed E-state index contributed by atoms with van der Waals surface area (Å²) in [6, 6.07) is 9.67. The maximum Gasteiger partial charge on any atom is 0.343 e. The van der Waals surface area contributed by atoms with Crippen LogP contribution in [0.4, 0.5) is 0 Å². The normalized spacial score (nSPS) is 12.1. The van der Waals surface area contributed by atoms with E-state index in [1.807, 2.05) is 44.2 Å². The molecule has 0 unspecified atom stereocenters. The largest absolute Gasteiger partial charge is 0.449 e. The first kappa shape index (κ1) is 20.0. The summed E-state index contributed by atoms with van der Waals surface area (Å²) in [7, 11) is 0. The molecule has 0 radical (unpaired) electrons. The average Bonchev–Trinajstić information content (AvgIpc) is 2.87. The van der Waals surface area contributed by atoms with Gasteiger partial charge < -0.3 is 10.1 Å². The molecule has 2 aromatic rings. The number of halogens is 1. The van der Waals surface area contributed by atoms with Crippen molar-refractivity contribution in [3.05, 3.63) is 52.3 Å². The highest BCUT2D eigenvalue weighted by Gasteiger charge is 2.25. The molecule has 0 aliphatic rings. The van der Waals surface area contributed by atoms with E-state index in [1.165, 1.54) is 6.92 Å². The molecule has 0 aliphatic heterocycles. The number of ether oxygens (including phenoxy) is 1. The van der Waals surface area contributed by atoms with Crippen LogP contribution in [0.2, 0.25) is 5.15 Å². The van der Waals surface area contributed by atoms with Crippen LogP contribution in [-0.4, -0.2) is 34.3 Å². The van der Waals surface area contributed by atoms with Crippen molar-refractivity contribution in [2.24, 2.45) is 5.92 Å². The summed E-state index contributed by atoms with van der Waals surface area (Å²) >= 11 is 6.34. The number of nitrogens with one attached hydrogen (secondary N) is 1. The molecule has 0 fully saturated rings. The highest BCUT2D eigenvalue weighted by atomic mass is 35.5. The Hall–Kier alpha value is -2.34. The highest BCUT2D eigenvalue weighted by molar-refractivity contribution is 6.32. The van der Waals surface area contributed by atoms with Gasteiger partial charge in [-0.15, -0.1) is 0 Å². The Morgan fingerprint density at radius 1 is 1.23 bits per heavy atom. The van der Waals surface area contributed by atoms with Crippen molar-refractivity contribution in [3.8, 4) is 0 Å². The van der Waals surface area contributed by atoms with Crippen LogP contribution in [0.25, 0.3) is 0 Å². The lowest BCUT2D eigenvalue weighted by atomic mass is 10.2. The maximum atomic E-state index is 12.5. The number of esters is 1. The number of aromatic nitrogens is 2. The molecule has 1 N–H and O–H groups in total. The zero-order valence-electron chi connectivity index (χ0n) is 15.5. The van der Waals surface area contributed by atoms with Crippen molar-refractivity contribution in [1.82, 2.24) is 15.1 Å². The van der Waals surface area contributed by atoms with Crippen LogP contribution in [0.1, 0.15) is 42.4 Å². The minimum atomic E-state index is -0.908. The molecule has 140 valence electrons. The van der Waals surface area contributed by atoms with E-state index in [-0.39, 0.29) is 16.6 Å². The third kappa shape index (κ3) is 5.08. The van der Waals surface area contributed by atoms with Crippen LogP contribution in [0, 0.1) is 12.8 Å². The second kappa shape index (κ2) is 8.85. The van der Waals surface area contributed by atoms with Crippen molar-refractivity contribution < 1.29 is 14.3 Å². The van der Waals surface area contributed by atoms with E-state index in [2.05, 4.69) is 10.4 Å². The summed E-state index contributed by atoms with van der Waals surface area (Å²) in [4.78, 5) is 24.5. The third-order valence-corrected chi connectivity index (χ3v) is 4.17. The second-order valence-electron chi connectivity index (χ2n) is 6.58. The number of aryl methyl sites for hydroxylation is 1. The van der Waals surface area contributed by atoms with E-state index in [0.717, 1.165) is 5.56 Å². The van der Waals surface area contributed by atoms with E-state index in [0.29, 0.717) is 24.7 Å². The summed E-state index contributed by atoms with van der Waals surface area (Å²) in [5.41, 5.74) is 1.66. The van der Waals surface area contributed by atoms with Gasteiger partial charge in [-0.05, 0) is 25.3 Å². The van der Waals surface area contributed by atoms with Gasteiger partial charge in [-0.2, -0.15) is 5.10 Å². The molecule has 1 atom stereocenters. The molecule has 1 aromatic heterocycles. The van der Waals surface area contributed by atoms with Crippen LogP contribution in [-0.2, 0) is 16.1 Å². The molecule has 0 aliphatic carbocycles. The summed E-state index contributed by atoms with van der Waals surface area (Å²) in [6.45, 7) is 8.16. The Kier molecular flexibility index (Phi) is 6.80. The number of rotatable bonds is 7. The summed E-state index contributed by atoms with van der Waals surface area (Å²) in [5.74, 6) is -0.675. The molecule has 1 heterocycles. The lowest BCUT2D eigenvalue weighted by Gasteiger charge is -2.14. The molecular weight excluding hydrogens is 354 g/mol. The Morgan fingerprint density at radius 2 is 1.88 bits per heavy atom. The lowest BCUT2D eigenvalue weighted by molar-refractivity contribution is -0.129. The Bertz CT molecular complexity index is 772. The molecule has 2 rings (SSSR count). The maximum absolute atomic E-state index is 12.5. The van der Waals surface area contributed by atoms with Crippen LogP contribution < -0.4 is 5.32 Å². The van der Waals surface area contributed by atoms with E-state index >= 15 is 0 Å². The van der Waals surface area contributed by atoms with Crippen molar-refractivity contribution in [1.29, 1.82) is 0 Å². The van der Waals surface area contributed by atoms with Gasteiger partial charge in [0.2, 0.25) is 0 Å². The predicted octanol–water partition coefficient (Wildman–Crippen LogP) is 3.21. The molecule has 6 nitrogen and oxygen atoms in total. The topological polar surface area (TPSA) is 73.2 Å². The quantitative estimate of drug-likeness (QED) is 0.752. The second-order valence-corrected chi connectivity index (χ2v) is 6.94. The van der Waals surface area contributed by atoms with Gasteiger partial charge >= 0.3 is 5.97 Å². The highest BCUT2D eigenvalue weighted by Crippen LogP contribution is 2.22. The van der Waals surface area contributed by atoms with Crippen molar-refractivity contribution >= 4 is 23.5 Å². The molecule has 0 saturated heterocycles. The third-order valence-electron chi connectivity index (χ3n) is 3.78. The van der Waals surface area contributed by atoms with Gasteiger partial charge in [0.05, 0.1) is 12.2 Å². The monoisotopic (exact) mass is 377 g/mol. The van der Waals surface area contributed by atoms with Gasteiger partial charge in [0.1, 0.15) is 10.7 Å². The van der Waals surface area contributed by atoms with Crippen LogP contribution in [0.15, 0.2) is 30.3 Å². The first-order valence-electron chi connectivity index (χ1n) is 8.55. The lowest BCUT2D eigenvalue weighted by Crippen LogP contribution is -2.37. The first-order chi connectivity index (χ1) is 12.3. The molecule has 0 saturated carbocycles. The van der Waals surface area contributed by atoms with Gasteiger partial charge in [0.15, 0.2) is 6.10 Å². The van der Waals surface area contributed by atoms with Crippen LogP contribution in [0.3, 0.4) is 0 Å². The standard InChI is InChI=1S/C19H24ClN3O3/c1-12(2)10-21-18(24)14(4)26-19(25)16-13(3)22-23(17(16)20)11-15-8-6-5-7-9-15/h5-9,12,14H,10-11H2,1-4H3,(H,21,24)/t14-/m1/s1. The fourth-order valence-electron chi connectivity index (χ4n) is 2.37. The van der Waals surface area contributed by atoms with Gasteiger partial charge in [-0.25, -0.2) is 9.48 Å². The van der Waals surface area contributed by atoms with Crippen LogP contribution >= 0.6 is 11.6 Å². The summed E-state index contributed by atoms with van der Waals surface area (Å²) < 4.78 is 6.81. The first-order valence-corrected chi connectivity index (χ1v) is 8.93. The molecule has 7 heteroatoms. The van der Waals surface area contributed by atoms with E-state index < -0.39 is 12.1 Å². The minimum absolute atomic E-state index is 0.186. The van der Waals surface area contributed by atoms with Gasteiger partial charge in [0.25, 0.3) is 5.91 Å². The fraction of sp³-hybridized carbons (Fsp3) is 0.421. The number of hydrogen-bond acceptors (Lipinski definition) is 4.